The smallest absolute Gasteiger partial charge is 0.223 e. The molecule has 3 saturated carbocycles. The van der Waals surface area contributed by atoms with E-state index in [2.05, 4.69) is 34.3 Å². The van der Waals surface area contributed by atoms with Crippen molar-refractivity contribution >= 4 is 11.8 Å². The van der Waals surface area contributed by atoms with Crippen molar-refractivity contribution in [2.45, 2.75) is 103 Å². The third-order valence-electron chi connectivity index (χ3n) is 10.8. The molecule has 234 valence electrons. The Morgan fingerprint density at radius 3 is 2.34 bits per heavy atom. The van der Waals surface area contributed by atoms with Crippen LogP contribution in [-0.2, 0) is 19.1 Å². The Hall–Kier alpha value is -1.64. The van der Waals surface area contributed by atoms with Gasteiger partial charge < -0.3 is 20.1 Å². The molecule has 4 unspecified atom stereocenters. The van der Waals surface area contributed by atoms with Crippen LogP contribution in [0.2, 0.25) is 0 Å². The van der Waals surface area contributed by atoms with Crippen molar-refractivity contribution in [1.29, 1.82) is 0 Å². The highest BCUT2D eigenvalue weighted by molar-refractivity contribution is 5.79. The number of nitrogens with zero attached hydrogens (tertiary/aromatic N) is 2. The van der Waals surface area contributed by atoms with Gasteiger partial charge >= 0.3 is 0 Å². The van der Waals surface area contributed by atoms with Crippen molar-refractivity contribution in [1.82, 2.24) is 20.4 Å². The molecule has 2 amide bonds. The van der Waals surface area contributed by atoms with Crippen LogP contribution in [-0.4, -0.2) is 92.8 Å². The van der Waals surface area contributed by atoms with Gasteiger partial charge in [0.1, 0.15) is 0 Å². The molecular weight excluding hydrogens is 516 g/mol. The number of rotatable bonds is 11. The highest BCUT2D eigenvalue weighted by Crippen LogP contribution is 2.46. The summed E-state index contributed by atoms with van der Waals surface area (Å²) in [6, 6.07) is 1.27. The third-order valence-corrected chi connectivity index (χ3v) is 10.8. The van der Waals surface area contributed by atoms with E-state index < -0.39 is 0 Å². The van der Waals surface area contributed by atoms with Gasteiger partial charge in [-0.3, -0.25) is 19.4 Å². The molecule has 0 aromatic rings. The molecule has 8 nitrogen and oxygen atoms in total. The number of ether oxygens (including phenoxy) is 2. The summed E-state index contributed by atoms with van der Waals surface area (Å²) in [4.78, 5) is 30.6. The molecule has 3 aliphatic carbocycles. The van der Waals surface area contributed by atoms with E-state index in [0.29, 0.717) is 36.5 Å². The number of carbonyl (C=O) groups excluding carboxylic acids is 2. The lowest BCUT2D eigenvalue weighted by Gasteiger charge is -2.50. The molecule has 41 heavy (non-hydrogen) atoms. The van der Waals surface area contributed by atoms with Crippen LogP contribution in [0.5, 0.6) is 0 Å². The summed E-state index contributed by atoms with van der Waals surface area (Å²) in [5.41, 5.74) is 0. The zero-order valence-corrected chi connectivity index (χ0v) is 26.3. The Morgan fingerprint density at radius 2 is 1.71 bits per heavy atom. The standard InChI is InChI=1S/C33H58N4O4/c1-5-37(30-13-11-29(12-14-30)35-25(3)38)32-22-28(21-31(24(32)2)33(39)34-15-6-18-40-4)27-9-7-26(8-10-27)23-36-16-19-41-20-17-36/h6,18,24,26-32H,5,7-17,19-23H2,1-4H3,(H,34,39)(H,35,38)/b18-6-. The van der Waals surface area contributed by atoms with Gasteiger partial charge in [-0.05, 0) is 101 Å². The monoisotopic (exact) mass is 574 g/mol. The lowest BCUT2D eigenvalue weighted by Crippen LogP contribution is -2.55. The van der Waals surface area contributed by atoms with Crippen molar-refractivity contribution in [2.24, 2.45) is 29.6 Å². The van der Waals surface area contributed by atoms with Crippen LogP contribution >= 0.6 is 0 Å². The minimum absolute atomic E-state index is 0.0468. The van der Waals surface area contributed by atoms with E-state index in [1.54, 1.807) is 20.3 Å². The second-order valence-corrected chi connectivity index (χ2v) is 13.3. The van der Waals surface area contributed by atoms with E-state index in [1.165, 1.54) is 38.6 Å². The van der Waals surface area contributed by atoms with E-state index in [4.69, 9.17) is 9.47 Å². The SMILES string of the molecule is CCN(C1CCC(NC(C)=O)CC1)C1CC(C2CCC(CN3CCOCC3)CC2)CC(C(=O)NC/C=C\OC)C1C. The van der Waals surface area contributed by atoms with Crippen LogP contribution in [0.3, 0.4) is 0 Å². The molecule has 0 aromatic heterocycles. The normalized spacial score (nSPS) is 35.3. The molecule has 4 fully saturated rings. The van der Waals surface area contributed by atoms with Gasteiger partial charge in [-0.15, -0.1) is 0 Å². The summed E-state index contributed by atoms with van der Waals surface area (Å²) in [7, 11) is 1.63. The van der Waals surface area contributed by atoms with Crippen LogP contribution < -0.4 is 10.6 Å². The maximum absolute atomic E-state index is 13.6. The van der Waals surface area contributed by atoms with Gasteiger partial charge in [0.25, 0.3) is 0 Å². The predicted octanol–water partition coefficient (Wildman–Crippen LogP) is 4.20. The quantitative estimate of drug-likeness (QED) is 0.360. The fraction of sp³-hybridized carbons (Fsp3) is 0.879. The lowest BCUT2D eigenvalue weighted by molar-refractivity contribution is -0.131. The van der Waals surface area contributed by atoms with E-state index in [-0.39, 0.29) is 17.7 Å². The molecule has 2 N–H and O–H groups in total. The average Bonchev–Trinajstić information content (AvgIpc) is 2.98. The first-order valence-electron chi connectivity index (χ1n) is 16.7. The fourth-order valence-corrected chi connectivity index (χ4v) is 8.63. The lowest BCUT2D eigenvalue weighted by atomic mass is 9.63. The number of amides is 2. The number of carbonyl (C=O) groups is 2. The largest absolute Gasteiger partial charge is 0.505 e. The minimum Gasteiger partial charge on any atom is -0.505 e. The number of morpholine rings is 1. The molecule has 4 rings (SSSR count). The highest BCUT2D eigenvalue weighted by atomic mass is 16.5. The molecule has 1 saturated heterocycles. The van der Waals surface area contributed by atoms with Gasteiger partial charge in [-0.2, -0.15) is 0 Å². The number of hydrogen-bond donors (Lipinski definition) is 2. The first-order valence-corrected chi connectivity index (χ1v) is 16.7. The molecule has 0 bridgehead atoms. The van der Waals surface area contributed by atoms with E-state index in [9.17, 15) is 9.59 Å². The highest BCUT2D eigenvalue weighted by Gasteiger charge is 2.45. The minimum atomic E-state index is 0.0468. The van der Waals surface area contributed by atoms with Crippen LogP contribution in [0.4, 0.5) is 0 Å². The van der Waals surface area contributed by atoms with Crippen LogP contribution in [0.15, 0.2) is 12.3 Å². The molecule has 8 heteroatoms. The van der Waals surface area contributed by atoms with Gasteiger partial charge in [0.2, 0.25) is 11.8 Å². The van der Waals surface area contributed by atoms with Crippen molar-refractivity contribution in [3.63, 3.8) is 0 Å². The Bertz CT molecular complexity index is 831. The van der Waals surface area contributed by atoms with Crippen molar-refractivity contribution in [2.75, 3.05) is 53.0 Å². The Kier molecular flexibility index (Phi) is 12.8. The van der Waals surface area contributed by atoms with Gasteiger partial charge in [0, 0.05) is 57.1 Å². The Labute approximate surface area is 249 Å². The topological polar surface area (TPSA) is 83.1 Å². The summed E-state index contributed by atoms with van der Waals surface area (Å²) in [5, 5.41) is 6.34. The fourth-order valence-electron chi connectivity index (χ4n) is 8.63. The third kappa shape index (κ3) is 9.17. The van der Waals surface area contributed by atoms with E-state index in [1.807, 2.05) is 6.08 Å². The zero-order chi connectivity index (χ0) is 29.2. The predicted molar refractivity (Wildman–Crippen MR) is 163 cm³/mol. The van der Waals surface area contributed by atoms with Crippen molar-refractivity contribution < 1.29 is 19.1 Å². The summed E-state index contributed by atoms with van der Waals surface area (Å²) < 4.78 is 10.6. The molecule has 0 radical (unpaired) electrons. The maximum Gasteiger partial charge on any atom is 0.223 e. The Balaban J connectivity index is 1.41. The Morgan fingerprint density at radius 1 is 1.00 bits per heavy atom. The summed E-state index contributed by atoms with van der Waals surface area (Å²) in [6.07, 6.45) is 15.3. The first-order chi connectivity index (χ1) is 19.9. The van der Waals surface area contributed by atoms with Gasteiger partial charge in [-0.1, -0.05) is 13.8 Å². The number of nitrogens with one attached hydrogen (secondary N) is 2. The molecule has 0 aromatic carbocycles. The first kappa shape index (κ1) is 32.3. The zero-order valence-electron chi connectivity index (χ0n) is 26.3. The van der Waals surface area contributed by atoms with Crippen molar-refractivity contribution in [3.05, 3.63) is 12.3 Å². The molecular formula is C33H58N4O4. The molecule has 4 atom stereocenters. The second kappa shape index (κ2) is 16.3. The number of hydrogen-bond acceptors (Lipinski definition) is 6. The van der Waals surface area contributed by atoms with E-state index >= 15 is 0 Å². The van der Waals surface area contributed by atoms with Crippen LogP contribution in [0, 0.1) is 29.6 Å². The van der Waals surface area contributed by atoms with Gasteiger partial charge in [0.15, 0.2) is 0 Å². The molecule has 1 heterocycles. The average molecular weight is 575 g/mol. The van der Waals surface area contributed by atoms with Gasteiger partial charge in [0.05, 0.1) is 26.6 Å². The summed E-state index contributed by atoms with van der Waals surface area (Å²) in [6.45, 7) is 13.0. The number of methoxy groups -OCH3 is 1. The summed E-state index contributed by atoms with van der Waals surface area (Å²) >= 11 is 0. The van der Waals surface area contributed by atoms with Crippen LogP contribution in [0.25, 0.3) is 0 Å². The molecule has 4 aliphatic rings. The maximum atomic E-state index is 13.6. The van der Waals surface area contributed by atoms with E-state index in [0.717, 1.165) is 76.8 Å². The van der Waals surface area contributed by atoms with Crippen molar-refractivity contribution in [3.8, 4) is 0 Å². The second-order valence-electron chi connectivity index (χ2n) is 13.3. The van der Waals surface area contributed by atoms with Crippen LogP contribution in [0.1, 0.15) is 85.0 Å². The summed E-state index contributed by atoms with van der Waals surface area (Å²) in [5.74, 6) is 2.80. The van der Waals surface area contributed by atoms with Gasteiger partial charge in [-0.25, -0.2) is 0 Å². The molecule has 0 spiro atoms. The molecule has 1 aliphatic heterocycles.